The van der Waals surface area contributed by atoms with Crippen molar-refractivity contribution in [1.29, 1.82) is 0 Å². The van der Waals surface area contributed by atoms with Gasteiger partial charge in [0.2, 0.25) is 5.91 Å². The Morgan fingerprint density at radius 2 is 2.12 bits per heavy atom. The Balaban J connectivity index is 0.00000128. The fourth-order valence-corrected chi connectivity index (χ4v) is 1.87. The number of aromatic nitrogens is 2. The number of hydrogen-bond donors (Lipinski definition) is 1. The lowest BCUT2D eigenvalue weighted by atomic mass is 9.92. The SMILES string of the molecule is Cl.Cn1cc(N)c(N2CCC(C)(C)C2=O)n1. The predicted molar refractivity (Wildman–Crippen MR) is 65.6 cm³/mol. The molecule has 5 nitrogen and oxygen atoms in total. The Labute approximate surface area is 101 Å². The second-order valence-electron chi connectivity index (χ2n) is 4.67. The van der Waals surface area contributed by atoms with Crippen LogP contribution in [0.3, 0.4) is 0 Å². The summed E-state index contributed by atoms with van der Waals surface area (Å²) in [6, 6.07) is 0. The number of aryl methyl sites for hydroxylation is 1. The maximum atomic E-state index is 12.0. The Morgan fingerprint density at radius 1 is 1.50 bits per heavy atom. The third-order valence-electron chi connectivity index (χ3n) is 2.88. The van der Waals surface area contributed by atoms with Crippen molar-refractivity contribution < 1.29 is 4.79 Å². The summed E-state index contributed by atoms with van der Waals surface area (Å²) in [5.41, 5.74) is 6.07. The first-order valence-corrected chi connectivity index (χ1v) is 5.03. The lowest BCUT2D eigenvalue weighted by Crippen LogP contribution is -2.31. The zero-order valence-electron chi connectivity index (χ0n) is 9.73. The second-order valence-corrected chi connectivity index (χ2v) is 4.67. The summed E-state index contributed by atoms with van der Waals surface area (Å²) in [5, 5.41) is 4.20. The minimum atomic E-state index is -0.288. The highest BCUT2D eigenvalue weighted by molar-refractivity contribution is 6.00. The van der Waals surface area contributed by atoms with E-state index in [0.29, 0.717) is 18.1 Å². The number of carbonyl (C=O) groups is 1. The van der Waals surface area contributed by atoms with E-state index in [4.69, 9.17) is 5.73 Å². The smallest absolute Gasteiger partial charge is 0.233 e. The lowest BCUT2D eigenvalue weighted by molar-refractivity contribution is -0.124. The van der Waals surface area contributed by atoms with Gasteiger partial charge in [-0.3, -0.25) is 14.4 Å². The van der Waals surface area contributed by atoms with E-state index in [2.05, 4.69) is 5.10 Å². The summed E-state index contributed by atoms with van der Waals surface area (Å²) in [6.07, 6.45) is 2.57. The van der Waals surface area contributed by atoms with Crippen LogP contribution in [0.2, 0.25) is 0 Å². The number of rotatable bonds is 1. The van der Waals surface area contributed by atoms with Crippen LogP contribution in [0.1, 0.15) is 20.3 Å². The first-order valence-electron chi connectivity index (χ1n) is 5.03. The normalized spacial score (nSPS) is 18.7. The zero-order chi connectivity index (χ0) is 11.2. The Bertz CT molecular complexity index is 413. The average Bonchev–Trinajstić information content (AvgIpc) is 2.56. The van der Waals surface area contributed by atoms with E-state index in [9.17, 15) is 4.79 Å². The van der Waals surface area contributed by atoms with Crippen molar-refractivity contribution in [3.63, 3.8) is 0 Å². The summed E-state index contributed by atoms with van der Waals surface area (Å²) < 4.78 is 1.63. The molecule has 1 fully saturated rings. The van der Waals surface area contributed by atoms with Crippen molar-refractivity contribution in [1.82, 2.24) is 9.78 Å². The van der Waals surface area contributed by atoms with E-state index in [1.54, 1.807) is 22.8 Å². The Kier molecular flexibility index (Phi) is 3.19. The molecule has 0 spiro atoms. The summed E-state index contributed by atoms with van der Waals surface area (Å²) in [7, 11) is 1.80. The first kappa shape index (κ1) is 12.8. The molecular formula is C10H17ClN4O. The number of nitrogens with two attached hydrogens (primary N) is 1. The molecule has 90 valence electrons. The Hall–Kier alpha value is -1.23. The fraction of sp³-hybridized carbons (Fsp3) is 0.600. The van der Waals surface area contributed by atoms with Crippen LogP contribution in [0, 0.1) is 5.41 Å². The number of anilines is 2. The van der Waals surface area contributed by atoms with Gasteiger partial charge in [0.15, 0.2) is 5.82 Å². The number of amides is 1. The van der Waals surface area contributed by atoms with Crippen molar-refractivity contribution in [2.75, 3.05) is 17.2 Å². The molecule has 2 heterocycles. The predicted octanol–water partition coefficient (Wildman–Crippen LogP) is 1.19. The largest absolute Gasteiger partial charge is 0.394 e. The van der Waals surface area contributed by atoms with Crippen LogP contribution < -0.4 is 10.6 Å². The quantitative estimate of drug-likeness (QED) is 0.807. The van der Waals surface area contributed by atoms with Gasteiger partial charge in [0.1, 0.15) is 0 Å². The summed E-state index contributed by atoms with van der Waals surface area (Å²) in [6.45, 7) is 4.61. The molecule has 0 saturated carbocycles. The van der Waals surface area contributed by atoms with Crippen LogP contribution in [0.5, 0.6) is 0 Å². The van der Waals surface area contributed by atoms with Gasteiger partial charge in [0.25, 0.3) is 0 Å². The number of nitrogen functional groups attached to an aromatic ring is 1. The monoisotopic (exact) mass is 244 g/mol. The molecule has 0 bridgehead atoms. The fourth-order valence-electron chi connectivity index (χ4n) is 1.87. The molecule has 1 saturated heterocycles. The van der Waals surface area contributed by atoms with Gasteiger partial charge in [0, 0.05) is 25.2 Å². The van der Waals surface area contributed by atoms with E-state index >= 15 is 0 Å². The van der Waals surface area contributed by atoms with Crippen LogP contribution in [0.25, 0.3) is 0 Å². The first-order chi connectivity index (χ1) is 6.92. The minimum absolute atomic E-state index is 0. The summed E-state index contributed by atoms with van der Waals surface area (Å²) >= 11 is 0. The molecular weight excluding hydrogens is 228 g/mol. The molecule has 1 aliphatic heterocycles. The molecule has 0 radical (unpaired) electrons. The molecule has 2 rings (SSSR count). The van der Waals surface area contributed by atoms with Gasteiger partial charge < -0.3 is 5.73 Å². The van der Waals surface area contributed by atoms with Gasteiger partial charge in [-0.2, -0.15) is 5.10 Å². The van der Waals surface area contributed by atoms with Crippen molar-refractivity contribution >= 4 is 29.8 Å². The highest BCUT2D eigenvalue weighted by Crippen LogP contribution is 2.35. The highest BCUT2D eigenvalue weighted by atomic mass is 35.5. The zero-order valence-corrected chi connectivity index (χ0v) is 10.5. The van der Waals surface area contributed by atoms with Gasteiger partial charge in [-0.1, -0.05) is 13.8 Å². The third kappa shape index (κ3) is 1.87. The minimum Gasteiger partial charge on any atom is -0.394 e. The molecule has 0 atom stereocenters. The summed E-state index contributed by atoms with van der Waals surface area (Å²) in [5.74, 6) is 0.695. The number of nitrogens with zero attached hydrogens (tertiary/aromatic N) is 3. The van der Waals surface area contributed by atoms with Crippen LogP contribution in [0.4, 0.5) is 11.5 Å². The van der Waals surface area contributed by atoms with Gasteiger partial charge in [-0.25, -0.2) is 0 Å². The van der Waals surface area contributed by atoms with Crippen LogP contribution in [-0.2, 0) is 11.8 Å². The number of halogens is 1. The molecule has 1 amide bonds. The molecule has 0 unspecified atom stereocenters. The molecule has 1 aromatic heterocycles. The molecule has 1 aromatic rings. The molecule has 16 heavy (non-hydrogen) atoms. The van der Waals surface area contributed by atoms with Crippen molar-refractivity contribution in [2.24, 2.45) is 12.5 Å². The van der Waals surface area contributed by atoms with Crippen LogP contribution >= 0.6 is 12.4 Å². The third-order valence-corrected chi connectivity index (χ3v) is 2.88. The molecule has 2 N–H and O–H groups in total. The average molecular weight is 245 g/mol. The van der Waals surface area contributed by atoms with E-state index in [1.165, 1.54) is 0 Å². The van der Waals surface area contributed by atoms with Crippen LogP contribution in [-0.4, -0.2) is 22.2 Å². The highest BCUT2D eigenvalue weighted by Gasteiger charge is 2.40. The topological polar surface area (TPSA) is 64.2 Å². The second kappa shape index (κ2) is 3.97. The Morgan fingerprint density at radius 3 is 2.50 bits per heavy atom. The number of hydrogen-bond acceptors (Lipinski definition) is 3. The molecule has 6 heteroatoms. The van der Waals surface area contributed by atoms with E-state index in [0.717, 1.165) is 6.42 Å². The van der Waals surface area contributed by atoms with Gasteiger partial charge in [-0.05, 0) is 6.42 Å². The van der Waals surface area contributed by atoms with Crippen molar-refractivity contribution in [2.45, 2.75) is 20.3 Å². The lowest BCUT2D eigenvalue weighted by Gasteiger charge is -2.17. The molecule has 1 aliphatic rings. The van der Waals surface area contributed by atoms with E-state index in [-0.39, 0.29) is 23.7 Å². The standard InChI is InChI=1S/C10H16N4O.ClH/c1-10(2)4-5-14(9(10)15)8-7(11)6-13(3)12-8;/h6H,4-5,11H2,1-3H3;1H. The number of carbonyl (C=O) groups excluding carboxylic acids is 1. The maximum absolute atomic E-state index is 12.0. The van der Waals surface area contributed by atoms with Gasteiger partial charge in [-0.15, -0.1) is 12.4 Å². The van der Waals surface area contributed by atoms with E-state index < -0.39 is 0 Å². The van der Waals surface area contributed by atoms with Crippen LogP contribution in [0.15, 0.2) is 6.20 Å². The molecule has 0 aliphatic carbocycles. The summed E-state index contributed by atoms with van der Waals surface area (Å²) in [4.78, 5) is 13.7. The van der Waals surface area contributed by atoms with Gasteiger partial charge in [0.05, 0.1) is 5.69 Å². The van der Waals surface area contributed by atoms with E-state index in [1.807, 2.05) is 13.8 Å². The maximum Gasteiger partial charge on any atom is 0.233 e. The van der Waals surface area contributed by atoms with Gasteiger partial charge >= 0.3 is 0 Å². The van der Waals surface area contributed by atoms with Crippen molar-refractivity contribution in [3.8, 4) is 0 Å². The van der Waals surface area contributed by atoms with Crippen molar-refractivity contribution in [3.05, 3.63) is 6.20 Å². The molecule has 0 aromatic carbocycles.